The van der Waals surface area contributed by atoms with Gasteiger partial charge in [0, 0.05) is 43.4 Å². The van der Waals surface area contributed by atoms with Gasteiger partial charge in [-0.05, 0) is 76.4 Å². The van der Waals surface area contributed by atoms with Gasteiger partial charge >= 0.3 is 0 Å². The summed E-state index contributed by atoms with van der Waals surface area (Å²) in [5.41, 5.74) is 2.27. The van der Waals surface area contributed by atoms with E-state index in [9.17, 15) is 0 Å². The van der Waals surface area contributed by atoms with E-state index >= 15 is 0 Å². The Labute approximate surface area is 226 Å². The van der Waals surface area contributed by atoms with Crippen molar-refractivity contribution in [3.05, 3.63) is 65.6 Å². The number of benzene rings is 1. The van der Waals surface area contributed by atoms with Gasteiger partial charge in [0.25, 0.3) is 0 Å². The van der Waals surface area contributed by atoms with Crippen LogP contribution in [0.3, 0.4) is 0 Å². The van der Waals surface area contributed by atoms with Gasteiger partial charge in [-0.2, -0.15) is 0 Å². The van der Waals surface area contributed by atoms with Crippen molar-refractivity contribution in [2.75, 3.05) is 48.3 Å². The van der Waals surface area contributed by atoms with E-state index in [0.29, 0.717) is 5.76 Å². The average Bonchev–Trinajstić information content (AvgIpc) is 3.33. The molecule has 1 heterocycles. The van der Waals surface area contributed by atoms with Crippen LogP contribution in [0.25, 0.3) is 10.9 Å². The third-order valence-corrected chi connectivity index (χ3v) is 5.82. The standard InChI is InChI=1S/C24H36N4OS.C4H10.C2H6/c1-8-9-15-28(7)18-20(17-26(3)4)16-24(30-27(5)6)19(2)29-23-12-10-11-22-21(23)13-14-25-22;1-3-4-2;1-2/h10-14,16,18,25H,2,8-9,15,17H2,1,3-7H3;3-4H2,1-2H3;1-2H3/b20-18-,24-16+;;. The van der Waals surface area contributed by atoms with E-state index in [-0.39, 0.29) is 0 Å². The Morgan fingerprint density at radius 1 is 1.00 bits per heavy atom. The zero-order chi connectivity index (χ0) is 27.5. The Bertz CT molecular complexity index is 913. The van der Waals surface area contributed by atoms with E-state index in [1.54, 1.807) is 11.9 Å². The molecule has 1 N–H and O–H groups in total. The molecule has 36 heavy (non-hydrogen) atoms. The van der Waals surface area contributed by atoms with Crippen molar-refractivity contribution >= 4 is 22.9 Å². The number of likely N-dealkylation sites (N-methyl/N-ethyl adjacent to an activating group) is 1. The van der Waals surface area contributed by atoms with Crippen LogP contribution >= 0.6 is 11.9 Å². The monoisotopic (exact) mass is 516 g/mol. The molecule has 5 nitrogen and oxygen atoms in total. The maximum atomic E-state index is 6.24. The van der Waals surface area contributed by atoms with Crippen molar-refractivity contribution < 1.29 is 4.74 Å². The lowest BCUT2D eigenvalue weighted by Gasteiger charge is -2.20. The summed E-state index contributed by atoms with van der Waals surface area (Å²) in [6, 6.07) is 8.04. The van der Waals surface area contributed by atoms with Crippen LogP contribution in [0.1, 0.15) is 60.3 Å². The van der Waals surface area contributed by atoms with E-state index < -0.39 is 0 Å². The first-order valence-electron chi connectivity index (χ1n) is 13.3. The molecule has 6 heteroatoms. The van der Waals surface area contributed by atoms with Crippen LogP contribution in [0, 0.1) is 0 Å². The summed E-state index contributed by atoms with van der Waals surface area (Å²) in [6.45, 7) is 16.7. The second kappa shape index (κ2) is 20.0. The molecule has 0 aliphatic heterocycles. The van der Waals surface area contributed by atoms with Crippen LogP contribution in [0.5, 0.6) is 5.75 Å². The lowest BCUT2D eigenvalue weighted by molar-refractivity contribution is 0.418. The van der Waals surface area contributed by atoms with Crippen LogP contribution in [0.15, 0.2) is 65.6 Å². The van der Waals surface area contributed by atoms with Crippen LogP contribution in [-0.4, -0.2) is 67.4 Å². The van der Waals surface area contributed by atoms with Gasteiger partial charge in [0.1, 0.15) is 11.5 Å². The SMILES string of the molecule is C=C(Oc1cccc2[nH]ccc12)/C(=C\C(=C\N(C)CCCC)CN(C)C)SN(C)C.CC.CCCC. The number of fused-ring (bicyclic) bond motifs is 1. The molecule has 0 aliphatic rings. The van der Waals surface area contributed by atoms with Gasteiger partial charge in [-0.25, -0.2) is 0 Å². The van der Waals surface area contributed by atoms with Gasteiger partial charge in [0.15, 0.2) is 0 Å². The molecule has 0 saturated heterocycles. The van der Waals surface area contributed by atoms with Crippen LogP contribution < -0.4 is 4.74 Å². The highest BCUT2D eigenvalue weighted by molar-refractivity contribution is 8.01. The zero-order valence-electron chi connectivity index (χ0n) is 24.6. The van der Waals surface area contributed by atoms with Crippen molar-refractivity contribution in [3.8, 4) is 5.75 Å². The molecule has 2 aromatic rings. The maximum Gasteiger partial charge on any atom is 0.136 e. The first-order chi connectivity index (χ1) is 17.2. The second-order valence-electron chi connectivity index (χ2n) is 8.91. The van der Waals surface area contributed by atoms with Crippen LogP contribution in [-0.2, 0) is 0 Å². The van der Waals surface area contributed by atoms with E-state index in [2.05, 4.69) is 79.9 Å². The summed E-state index contributed by atoms with van der Waals surface area (Å²) in [4.78, 5) is 8.66. The van der Waals surface area contributed by atoms with Gasteiger partial charge < -0.3 is 19.5 Å². The molecule has 0 bridgehead atoms. The Morgan fingerprint density at radius 2 is 1.67 bits per heavy atom. The molecule has 0 spiro atoms. The lowest BCUT2D eigenvalue weighted by Crippen LogP contribution is -2.19. The van der Waals surface area contributed by atoms with Crippen molar-refractivity contribution in [1.82, 2.24) is 19.1 Å². The molecular formula is C30H52N4OS. The topological polar surface area (TPSA) is 34.7 Å². The molecule has 0 aliphatic carbocycles. The zero-order valence-corrected chi connectivity index (χ0v) is 25.5. The number of unbranched alkanes of at least 4 members (excludes halogenated alkanes) is 2. The number of nitrogens with one attached hydrogen (secondary N) is 1. The average molecular weight is 517 g/mol. The van der Waals surface area contributed by atoms with E-state index in [4.69, 9.17) is 4.74 Å². The highest BCUT2D eigenvalue weighted by Crippen LogP contribution is 2.32. The Kier molecular flexibility index (Phi) is 18.8. The fraction of sp³-hybridized carbons (Fsp3) is 0.533. The molecular weight excluding hydrogens is 464 g/mol. The smallest absolute Gasteiger partial charge is 0.136 e. The Balaban J connectivity index is 0.00000185. The quantitative estimate of drug-likeness (QED) is 0.165. The number of ether oxygens (including phenoxy) is 1. The van der Waals surface area contributed by atoms with Crippen LogP contribution in [0.2, 0.25) is 0 Å². The molecule has 2 rings (SSSR count). The Morgan fingerprint density at radius 3 is 2.22 bits per heavy atom. The van der Waals surface area contributed by atoms with Crippen molar-refractivity contribution in [3.63, 3.8) is 0 Å². The summed E-state index contributed by atoms with van der Waals surface area (Å²) in [5.74, 6) is 1.45. The molecule has 1 aromatic carbocycles. The molecule has 0 saturated carbocycles. The second-order valence-corrected chi connectivity index (χ2v) is 10.3. The molecule has 1 aromatic heterocycles. The normalized spacial score (nSPS) is 11.7. The first kappa shape index (κ1) is 33.8. The predicted molar refractivity (Wildman–Crippen MR) is 164 cm³/mol. The number of hydrogen-bond acceptors (Lipinski definition) is 5. The molecule has 0 amide bonds. The lowest BCUT2D eigenvalue weighted by atomic mass is 10.2. The highest BCUT2D eigenvalue weighted by Gasteiger charge is 2.13. The highest BCUT2D eigenvalue weighted by atomic mass is 32.2. The van der Waals surface area contributed by atoms with Crippen molar-refractivity contribution in [1.29, 1.82) is 0 Å². The van der Waals surface area contributed by atoms with Crippen molar-refractivity contribution in [2.24, 2.45) is 0 Å². The van der Waals surface area contributed by atoms with E-state index in [1.807, 2.05) is 58.4 Å². The van der Waals surface area contributed by atoms with Gasteiger partial charge in [0.05, 0.1) is 4.91 Å². The number of nitrogens with zero attached hydrogens (tertiary/aromatic N) is 3. The third-order valence-electron chi connectivity index (χ3n) is 4.91. The number of rotatable bonds is 13. The van der Waals surface area contributed by atoms with Gasteiger partial charge in [0.2, 0.25) is 0 Å². The fourth-order valence-corrected chi connectivity index (χ4v) is 3.84. The largest absolute Gasteiger partial charge is 0.456 e. The third kappa shape index (κ3) is 13.8. The Hall–Kier alpha value is -2.15. The number of aromatic nitrogens is 1. The number of H-pyrrole nitrogens is 1. The summed E-state index contributed by atoms with van der Waals surface area (Å²) in [5, 5.41) is 1.05. The van der Waals surface area contributed by atoms with E-state index in [0.717, 1.165) is 34.6 Å². The minimum atomic E-state index is 0.642. The summed E-state index contributed by atoms with van der Waals surface area (Å²) < 4.78 is 8.30. The predicted octanol–water partition coefficient (Wildman–Crippen LogP) is 8.16. The molecule has 0 fully saturated rings. The summed E-state index contributed by atoms with van der Waals surface area (Å²) in [6.07, 6.45) is 11.4. The summed E-state index contributed by atoms with van der Waals surface area (Å²) in [7, 11) is 10.4. The van der Waals surface area contributed by atoms with Gasteiger partial charge in [-0.3, -0.25) is 4.31 Å². The molecule has 204 valence electrons. The number of aromatic amines is 1. The van der Waals surface area contributed by atoms with Crippen LogP contribution in [0.4, 0.5) is 0 Å². The molecule has 0 atom stereocenters. The summed E-state index contributed by atoms with van der Waals surface area (Å²) >= 11 is 1.62. The van der Waals surface area contributed by atoms with E-state index in [1.165, 1.54) is 31.3 Å². The minimum Gasteiger partial charge on any atom is -0.456 e. The van der Waals surface area contributed by atoms with Crippen molar-refractivity contribution in [2.45, 2.75) is 60.3 Å². The number of hydrogen-bond donors (Lipinski definition) is 1. The minimum absolute atomic E-state index is 0.642. The molecule has 0 unspecified atom stereocenters. The fourth-order valence-electron chi connectivity index (χ4n) is 3.10. The van der Waals surface area contributed by atoms with Gasteiger partial charge in [-0.1, -0.05) is 66.5 Å². The van der Waals surface area contributed by atoms with Gasteiger partial charge in [-0.15, -0.1) is 0 Å². The molecule has 0 radical (unpaired) electrons. The first-order valence-corrected chi connectivity index (χ1v) is 14.0. The maximum absolute atomic E-state index is 6.24.